The fourth-order valence-corrected chi connectivity index (χ4v) is 3.20. The summed E-state index contributed by atoms with van der Waals surface area (Å²) < 4.78 is 38.5. The van der Waals surface area contributed by atoms with E-state index in [1.165, 1.54) is 0 Å². The molecule has 0 spiro atoms. The number of hydrogen-bond acceptors (Lipinski definition) is 5. The van der Waals surface area contributed by atoms with Gasteiger partial charge in [-0.2, -0.15) is 8.42 Å². The molecule has 3 aromatic rings. The highest BCUT2D eigenvalue weighted by atomic mass is 32.2. The Hall–Kier alpha value is -2.31. The maximum absolute atomic E-state index is 11.2. The number of benzene rings is 3. The molecule has 0 bridgehead atoms. The molecule has 0 aliphatic heterocycles. The Morgan fingerprint density at radius 3 is 1.92 bits per heavy atom. The average molecular weight is 346 g/mol. The molecule has 0 radical (unpaired) electrons. The molecule has 0 fully saturated rings. The van der Waals surface area contributed by atoms with Crippen LogP contribution in [-0.4, -0.2) is 28.9 Å². The summed E-state index contributed by atoms with van der Waals surface area (Å²) in [6.07, 6.45) is 1.03. The van der Waals surface area contributed by atoms with Crippen molar-refractivity contribution in [3.63, 3.8) is 0 Å². The van der Waals surface area contributed by atoms with Crippen LogP contribution in [0.25, 0.3) is 21.5 Å². The third-order valence-corrected chi connectivity index (χ3v) is 4.38. The summed E-state index contributed by atoms with van der Waals surface area (Å²) in [5.41, 5.74) is 0.739. The Morgan fingerprint density at radius 2 is 1.38 bits per heavy atom. The summed E-state index contributed by atoms with van der Waals surface area (Å²) >= 11 is 0. The van der Waals surface area contributed by atoms with Crippen molar-refractivity contribution in [1.29, 1.82) is 0 Å². The Kier molecular flexibility index (Phi) is 4.34. The fourth-order valence-electron chi connectivity index (χ4n) is 2.85. The summed E-state index contributed by atoms with van der Waals surface area (Å²) in [6, 6.07) is 13.4. The first kappa shape index (κ1) is 16.5. The molecule has 0 aliphatic carbocycles. The summed E-state index contributed by atoms with van der Waals surface area (Å²) in [6.45, 7) is -0.0208. The average Bonchev–Trinajstić information content (AvgIpc) is 2.57. The second-order valence-electron chi connectivity index (χ2n) is 5.46. The lowest BCUT2D eigenvalue weighted by molar-refractivity contribution is 0.312. The van der Waals surface area contributed by atoms with Gasteiger partial charge >= 0.3 is 0 Å². The molecule has 0 heterocycles. The van der Waals surface area contributed by atoms with Crippen LogP contribution in [0.2, 0.25) is 0 Å². The molecule has 0 atom stereocenters. The lowest BCUT2D eigenvalue weighted by Crippen LogP contribution is -2.02. The van der Waals surface area contributed by atoms with Crippen LogP contribution in [0.3, 0.4) is 0 Å². The van der Waals surface area contributed by atoms with Crippen LogP contribution in [0.4, 0.5) is 0 Å². The zero-order chi connectivity index (χ0) is 17.3. The number of hydrogen-bond donors (Lipinski definition) is 0. The molecule has 0 aromatic heterocycles. The van der Waals surface area contributed by atoms with Gasteiger partial charge in [-0.15, -0.1) is 0 Å². The van der Waals surface area contributed by atoms with E-state index in [2.05, 4.69) is 0 Å². The second-order valence-corrected chi connectivity index (χ2v) is 7.10. The summed E-state index contributed by atoms with van der Waals surface area (Å²) in [4.78, 5) is 0. The molecule has 0 N–H and O–H groups in total. The molecular formula is C18H18O5S. The summed E-state index contributed by atoms with van der Waals surface area (Å²) in [5, 5.41) is 3.65. The molecule has 24 heavy (non-hydrogen) atoms. The van der Waals surface area contributed by atoms with Gasteiger partial charge in [0.2, 0.25) is 0 Å². The van der Waals surface area contributed by atoms with Crippen LogP contribution in [0.15, 0.2) is 42.5 Å². The number of ether oxygens (including phenoxy) is 2. The first-order valence-corrected chi connectivity index (χ1v) is 9.16. The van der Waals surface area contributed by atoms with E-state index in [1.54, 1.807) is 14.2 Å². The van der Waals surface area contributed by atoms with Crippen molar-refractivity contribution in [2.24, 2.45) is 0 Å². The third kappa shape index (κ3) is 3.02. The molecular weight excluding hydrogens is 328 g/mol. The van der Waals surface area contributed by atoms with E-state index in [0.717, 1.165) is 44.9 Å². The van der Waals surface area contributed by atoms with Gasteiger partial charge in [0.25, 0.3) is 10.1 Å². The lowest BCUT2D eigenvalue weighted by Gasteiger charge is -2.15. The summed E-state index contributed by atoms with van der Waals surface area (Å²) in [7, 11) is -0.243. The van der Waals surface area contributed by atoms with Gasteiger partial charge in [-0.1, -0.05) is 36.4 Å². The van der Waals surface area contributed by atoms with E-state index in [-0.39, 0.29) is 6.61 Å². The topological polar surface area (TPSA) is 61.8 Å². The van der Waals surface area contributed by atoms with Crippen LogP contribution in [0.1, 0.15) is 5.56 Å². The molecule has 0 saturated heterocycles. The van der Waals surface area contributed by atoms with Crippen molar-refractivity contribution >= 4 is 31.7 Å². The van der Waals surface area contributed by atoms with Crippen LogP contribution in [0, 0.1) is 0 Å². The van der Waals surface area contributed by atoms with Crippen LogP contribution in [-0.2, 0) is 20.9 Å². The molecule has 5 nitrogen and oxygen atoms in total. The van der Waals surface area contributed by atoms with Crippen LogP contribution in [0.5, 0.6) is 11.5 Å². The monoisotopic (exact) mass is 346 g/mol. The first-order chi connectivity index (χ1) is 11.4. The van der Waals surface area contributed by atoms with Crippen molar-refractivity contribution in [2.75, 3.05) is 20.5 Å². The van der Waals surface area contributed by atoms with E-state index in [4.69, 9.17) is 13.7 Å². The molecule has 6 heteroatoms. The van der Waals surface area contributed by atoms with Crippen LogP contribution < -0.4 is 9.47 Å². The lowest BCUT2D eigenvalue weighted by atomic mass is 9.99. The van der Waals surface area contributed by atoms with E-state index >= 15 is 0 Å². The largest absolute Gasteiger partial charge is 0.495 e. The standard InChI is InChI=1S/C18H18O5S/c1-21-17-13-6-4-5-7-14(13)18(22-2)16-10-12(8-9-15(16)17)11-23-24(3,19)20/h4-10H,11H2,1-3H3. The predicted molar refractivity (Wildman–Crippen MR) is 94.2 cm³/mol. The van der Waals surface area contributed by atoms with Crippen LogP contribution >= 0.6 is 0 Å². The van der Waals surface area contributed by atoms with E-state index in [1.807, 2.05) is 42.5 Å². The third-order valence-electron chi connectivity index (χ3n) is 3.84. The molecule has 0 saturated carbocycles. The predicted octanol–water partition coefficient (Wildman–Crippen LogP) is 3.49. The van der Waals surface area contributed by atoms with Gasteiger partial charge in [-0.3, -0.25) is 4.18 Å². The first-order valence-electron chi connectivity index (χ1n) is 7.34. The summed E-state index contributed by atoms with van der Waals surface area (Å²) in [5.74, 6) is 1.49. The smallest absolute Gasteiger partial charge is 0.264 e. The molecule has 0 unspecified atom stereocenters. The quantitative estimate of drug-likeness (QED) is 0.523. The highest BCUT2D eigenvalue weighted by Gasteiger charge is 2.15. The molecule has 0 amide bonds. The minimum absolute atomic E-state index is 0.0208. The van der Waals surface area contributed by atoms with Gasteiger partial charge in [0.1, 0.15) is 11.5 Å². The van der Waals surface area contributed by atoms with E-state index < -0.39 is 10.1 Å². The molecule has 126 valence electrons. The van der Waals surface area contributed by atoms with E-state index in [9.17, 15) is 8.42 Å². The highest BCUT2D eigenvalue weighted by molar-refractivity contribution is 7.85. The van der Waals surface area contributed by atoms with Gasteiger partial charge in [0.05, 0.1) is 27.1 Å². The highest BCUT2D eigenvalue weighted by Crippen LogP contribution is 2.42. The molecule has 0 aliphatic rings. The van der Waals surface area contributed by atoms with Gasteiger partial charge in [0, 0.05) is 21.5 Å². The van der Waals surface area contributed by atoms with Gasteiger partial charge in [-0.05, 0) is 11.6 Å². The normalized spacial score (nSPS) is 11.8. The molecule has 3 aromatic carbocycles. The fraction of sp³-hybridized carbons (Fsp3) is 0.222. The van der Waals surface area contributed by atoms with Gasteiger partial charge in [-0.25, -0.2) is 0 Å². The minimum Gasteiger partial charge on any atom is -0.495 e. The maximum atomic E-state index is 11.2. The number of rotatable bonds is 5. The zero-order valence-corrected chi connectivity index (χ0v) is 14.5. The Bertz CT molecular complexity index is 1010. The minimum atomic E-state index is -3.49. The maximum Gasteiger partial charge on any atom is 0.264 e. The Morgan fingerprint density at radius 1 is 0.833 bits per heavy atom. The number of fused-ring (bicyclic) bond motifs is 2. The van der Waals surface area contributed by atoms with Gasteiger partial charge in [0.15, 0.2) is 0 Å². The van der Waals surface area contributed by atoms with Crippen molar-refractivity contribution in [3.8, 4) is 11.5 Å². The Labute approximate surface area is 140 Å². The Balaban J connectivity index is 2.26. The van der Waals surface area contributed by atoms with Crippen molar-refractivity contribution in [1.82, 2.24) is 0 Å². The SMILES string of the molecule is COc1c2ccccc2c(OC)c2cc(COS(C)(=O)=O)ccc12. The van der Waals surface area contributed by atoms with Gasteiger partial charge < -0.3 is 9.47 Å². The zero-order valence-electron chi connectivity index (χ0n) is 13.7. The van der Waals surface area contributed by atoms with Crippen molar-refractivity contribution in [2.45, 2.75) is 6.61 Å². The number of methoxy groups -OCH3 is 2. The van der Waals surface area contributed by atoms with Crippen molar-refractivity contribution in [3.05, 3.63) is 48.0 Å². The molecule has 3 rings (SSSR count). The second kappa shape index (κ2) is 6.30. The van der Waals surface area contributed by atoms with E-state index in [0.29, 0.717) is 0 Å². The van der Waals surface area contributed by atoms with Crippen molar-refractivity contribution < 1.29 is 22.1 Å².